The van der Waals surface area contributed by atoms with Crippen LogP contribution < -0.4 is 0 Å². The molecule has 0 spiro atoms. The minimum Gasteiger partial charge on any atom is -0.380 e. The Morgan fingerprint density at radius 2 is 2.04 bits per heavy atom. The fraction of sp³-hybridized carbons (Fsp3) is 0.650. The van der Waals surface area contributed by atoms with Crippen LogP contribution in [0.4, 0.5) is 0 Å². The molecule has 0 bridgehead atoms. The van der Waals surface area contributed by atoms with Crippen LogP contribution >= 0.6 is 11.3 Å². The number of rotatable bonds is 8. The summed E-state index contributed by atoms with van der Waals surface area (Å²) in [5.41, 5.74) is 2.88. The minimum atomic E-state index is 0.462. The van der Waals surface area contributed by atoms with E-state index in [-0.39, 0.29) is 0 Å². The lowest BCUT2D eigenvalue weighted by molar-refractivity contribution is 0.0867. The molecule has 1 unspecified atom stereocenters. The Hall–Kier alpha value is -1.17. The lowest BCUT2D eigenvalue weighted by atomic mass is 9.96. The topological polar surface area (TPSA) is 30.3 Å². The van der Waals surface area contributed by atoms with Gasteiger partial charge in [0.1, 0.15) is 0 Å². The molecule has 4 nitrogen and oxygen atoms in total. The van der Waals surface area contributed by atoms with Crippen molar-refractivity contribution in [2.24, 2.45) is 11.8 Å². The van der Waals surface area contributed by atoms with Gasteiger partial charge in [-0.3, -0.25) is 9.58 Å². The van der Waals surface area contributed by atoms with E-state index in [2.05, 4.69) is 33.3 Å². The van der Waals surface area contributed by atoms with Crippen molar-refractivity contribution >= 4 is 11.3 Å². The van der Waals surface area contributed by atoms with Gasteiger partial charge in [0.25, 0.3) is 0 Å². The fourth-order valence-corrected chi connectivity index (χ4v) is 4.71. The molecule has 0 radical (unpaired) electrons. The average molecular weight is 358 g/mol. The van der Waals surface area contributed by atoms with Crippen molar-refractivity contribution in [1.29, 1.82) is 0 Å². The first-order valence-electron chi connectivity index (χ1n) is 9.72. The Labute approximate surface area is 153 Å². The van der Waals surface area contributed by atoms with E-state index in [1.165, 1.54) is 41.8 Å². The lowest BCUT2D eigenvalue weighted by Crippen LogP contribution is -2.36. The zero-order valence-electron chi connectivity index (χ0n) is 14.8. The van der Waals surface area contributed by atoms with E-state index >= 15 is 0 Å². The standard InChI is InChI=1S/C20H27N3OS/c1-2-19(25-7-1)12-22-10-17-8-21-23(9-15-3-4-15)20(17)18(11-22)14-24-13-16-5-6-16/h1-2,7-8,15-16,18H,3-6,9-14H2. The highest BCUT2D eigenvalue weighted by Crippen LogP contribution is 2.35. The number of aromatic nitrogens is 2. The third kappa shape index (κ3) is 3.83. The zero-order valence-corrected chi connectivity index (χ0v) is 15.6. The molecule has 2 aromatic heterocycles. The first-order valence-corrected chi connectivity index (χ1v) is 10.6. The van der Waals surface area contributed by atoms with Crippen molar-refractivity contribution in [1.82, 2.24) is 14.7 Å². The van der Waals surface area contributed by atoms with Crippen LogP contribution in [0.3, 0.4) is 0 Å². The summed E-state index contributed by atoms with van der Waals surface area (Å²) in [5, 5.41) is 6.93. The van der Waals surface area contributed by atoms with Gasteiger partial charge in [-0.05, 0) is 49.0 Å². The molecule has 0 amide bonds. The summed E-state index contributed by atoms with van der Waals surface area (Å²) in [6.45, 7) is 6.07. The third-order valence-electron chi connectivity index (χ3n) is 5.68. The molecule has 2 aromatic rings. The lowest BCUT2D eigenvalue weighted by Gasteiger charge is -2.33. The Balaban J connectivity index is 1.32. The van der Waals surface area contributed by atoms with E-state index in [1.54, 1.807) is 0 Å². The SMILES string of the molecule is c1csc(CN2Cc3cnn(CC4CC4)c3C(COCC3CC3)C2)c1. The molecule has 0 N–H and O–H groups in total. The van der Waals surface area contributed by atoms with Gasteiger partial charge < -0.3 is 4.74 Å². The third-order valence-corrected chi connectivity index (χ3v) is 6.54. The van der Waals surface area contributed by atoms with E-state index in [0.717, 1.165) is 51.2 Å². The van der Waals surface area contributed by atoms with Crippen LogP contribution in [0.25, 0.3) is 0 Å². The van der Waals surface area contributed by atoms with Crippen LogP contribution in [0.1, 0.15) is 47.7 Å². The van der Waals surface area contributed by atoms with E-state index in [4.69, 9.17) is 9.84 Å². The maximum absolute atomic E-state index is 6.12. The predicted molar refractivity (Wildman–Crippen MR) is 99.7 cm³/mol. The minimum absolute atomic E-state index is 0.462. The van der Waals surface area contributed by atoms with Crippen molar-refractivity contribution in [2.45, 2.75) is 51.2 Å². The Bertz CT molecular complexity index is 703. The van der Waals surface area contributed by atoms with Crippen LogP contribution in [0.5, 0.6) is 0 Å². The first kappa shape index (κ1) is 16.0. The van der Waals surface area contributed by atoms with Gasteiger partial charge >= 0.3 is 0 Å². The average Bonchev–Trinajstić information content (AvgIpc) is 3.51. The molecule has 1 aliphatic heterocycles. The summed E-state index contributed by atoms with van der Waals surface area (Å²) in [5.74, 6) is 2.16. The molecule has 2 aliphatic carbocycles. The van der Waals surface area contributed by atoms with E-state index < -0.39 is 0 Å². The van der Waals surface area contributed by atoms with E-state index in [0.29, 0.717) is 5.92 Å². The fourth-order valence-electron chi connectivity index (χ4n) is 3.96. The quantitative estimate of drug-likeness (QED) is 0.718. The van der Waals surface area contributed by atoms with Gasteiger partial charge in [-0.25, -0.2) is 0 Å². The molecule has 5 rings (SSSR count). The van der Waals surface area contributed by atoms with Crippen molar-refractivity contribution in [3.8, 4) is 0 Å². The number of hydrogen-bond donors (Lipinski definition) is 0. The van der Waals surface area contributed by atoms with Gasteiger partial charge in [0.2, 0.25) is 0 Å². The maximum atomic E-state index is 6.12. The van der Waals surface area contributed by atoms with Gasteiger partial charge in [0.15, 0.2) is 0 Å². The Morgan fingerprint density at radius 1 is 1.16 bits per heavy atom. The highest BCUT2D eigenvalue weighted by Gasteiger charge is 2.32. The molecule has 134 valence electrons. The molecule has 3 aliphatic rings. The second-order valence-corrected chi connectivity index (χ2v) is 9.14. The second kappa shape index (κ2) is 6.86. The van der Waals surface area contributed by atoms with Crippen LogP contribution in [0, 0.1) is 11.8 Å². The van der Waals surface area contributed by atoms with Gasteiger partial charge in [-0.2, -0.15) is 5.10 Å². The molecule has 25 heavy (non-hydrogen) atoms. The van der Waals surface area contributed by atoms with Crippen molar-refractivity contribution < 1.29 is 4.74 Å². The summed E-state index contributed by atoms with van der Waals surface area (Å²) in [4.78, 5) is 4.02. The summed E-state index contributed by atoms with van der Waals surface area (Å²) in [6, 6.07) is 4.40. The zero-order chi connectivity index (χ0) is 16.6. The molecule has 3 heterocycles. The largest absolute Gasteiger partial charge is 0.380 e. The van der Waals surface area contributed by atoms with E-state index in [1.807, 2.05) is 11.3 Å². The molecule has 0 aromatic carbocycles. The van der Waals surface area contributed by atoms with Crippen molar-refractivity contribution in [2.75, 3.05) is 19.8 Å². The monoisotopic (exact) mass is 357 g/mol. The molecule has 5 heteroatoms. The normalized spacial score (nSPS) is 23.8. The molecule has 2 fully saturated rings. The van der Waals surface area contributed by atoms with Gasteiger partial charge in [0, 0.05) is 54.8 Å². The van der Waals surface area contributed by atoms with Crippen LogP contribution in [0.15, 0.2) is 23.7 Å². The van der Waals surface area contributed by atoms with Gasteiger partial charge in [-0.15, -0.1) is 11.3 Å². The number of hydrogen-bond acceptors (Lipinski definition) is 4. The van der Waals surface area contributed by atoms with E-state index in [9.17, 15) is 0 Å². The molecule has 1 atom stereocenters. The van der Waals surface area contributed by atoms with Gasteiger partial charge in [0.05, 0.1) is 12.8 Å². The summed E-state index contributed by atoms with van der Waals surface area (Å²) < 4.78 is 8.42. The second-order valence-electron chi connectivity index (χ2n) is 8.11. The van der Waals surface area contributed by atoms with Crippen LogP contribution in [-0.2, 0) is 24.4 Å². The number of ether oxygens (including phenoxy) is 1. The first-order chi connectivity index (χ1) is 12.3. The number of nitrogens with zero attached hydrogens (tertiary/aromatic N) is 3. The predicted octanol–water partition coefficient (Wildman–Crippen LogP) is 3.88. The van der Waals surface area contributed by atoms with Gasteiger partial charge in [-0.1, -0.05) is 6.07 Å². The summed E-state index contributed by atoms with van der Waals surface area (Å²) in [6.07, 6.45) is 7.59. The molecule has 2 saturated carbocycles. The number of thiophene rings is 1. The highest BCUT2D eigenvalue weighted by atomic mass is 32.1. The maximum Gasteiger partial charge on any atom is 0.0562 e. The van der Waals surface area contributed by atoms with Crippen molar-refractivity contribution in [3.05, 3.63) is 39.8 Å². The van der Waals surface area contributed by atoms with Crippen LogP contribution in [-0.4, -0.2) is 34.4 Å². The van der Waals surface area contributed by atoms with Crippen molar-refractivity contribution in [3.63, 3.8) is 0 Å². The summed E-state index contributed by atoms with van der Waals surface area (Å²) >= 11 is 1.86. The smallest absolute Gasteiger partial charge is 0.0562 e. The summed E-state index contributed by atoms with van der Waals surface area (Å²) in [7, 11) is 0. The molecular formula is C20H27N3OS. The molecule has 0 saturated heterocycles. The van der Waals surface area contributed by atoms with Crippen LogP contribution in [0.2, 0.25) is 0 Å². The highest BCUT2D eigenvalue weighted by molar-refractivity contribution is 7.09. The Morgan fingerprint density at radius 3 is 2.80 bits per heavy atom. The number of fused-ring (bicyclic) bond motifs is 1. The Kier molecular flexibility index (Phi) is 4.40. The molecular weight excluding hydrogens is 330 g/mol.